The van der Waals surface area contributed by atoms with Gasteiger partial charge in [0.1, 0.15) is 17.4 Å². The number of ether oxygens (including phenoxy) is 1. The van der Waals surface area contributed by atoms with E-state index in [0.717, 1.165) is 16.4 Å². The van der Waals surface area contributed by atoms with Crippen LogP contribution < -0.4 is 9.04 Å². The first-order valence-corrected chi connectivity index (χ1v) is 9.51. The first kappa shape index (κ1) is 18.8. The van der Waals surface area contributed by atoms with Crippen LogP contribution in [-0.2, 0) is 16.6 Å². The van der Waals surface area contributed by atoms with Crippen molar-refractivity contribution in [3.05, 3.63) is 90.0 Å². The van der Waals surface area contributed by atoms with Crippen molar-refractivity contribution >= 4 is 15.7 Å². The minimum Gasteiger partial charge on any atom is -0.497 e. The summed E-state index contributed by atoms with van der Waals surface area (Å²) >= 11 is 0. The first-order chi connectivity index (χ1) is 12.9. The minimum absolute atomic E-state index is 0.0944. The van der Waals surface area contributed by atoms with Gasteiger partial charge in [-0.25, -0.2) is 17.2 Å². The monoisotopic (exact) mass is 389 g/mol. The number of methoxy groups -OCH3 is 1. The smallest absolute Gasteiger partial charge is 0.264 e. The molecule has 27 heavy (non-hydrogen) atoms. The zero-order chi connectivity index (χ0) is 19.4. The Balaban J connectivity index is 2.11. The quantitative estimate of drug-likeness (QED) is 0.629. The summed E-state index contributed by atoms with van der Waals surface area (Å²) in [6, 6.07) is 16.9. The average molecular weight is 389 g/mol. The molecule has 0 heterocycles. The molecule has 0 spiro atoms. The Morgan fingerprint density at radius 2 is 1.63 bits per heavy atom. The van der Waals surface area contributed by atoms with E-state index in [1.807, 2.05) is 0 Å². The molecular formula is C20H17F2NO3S. The second-order valence-corrected chi connectivity index (χ2v) is 7.62. The number of anilines is 1. The van der Waals surface area contributed by atoms with Gasteiger partial charge in [0.25, 0.3) is 10.0 Å². The molecule has 4 nitrogen and oxygen atoms in total. The van der Waals surface area contributed by atoms with Crippen LogP contribution in [0.25, 0.3) is 0 Å². The fourth-order valence-corrected chi connectivity index (χ4v) is 4.03. The number of sulfonamides is 1. The molecule has 140 valence electrons. The molecule has 3 aromatic rings. The summed E-state index contributed by atoms with van der Waals surface area (Å²) in [5, 5.41) is 0. The van der Waals surface area contributed by atoms with Gasteiger partial charge in [-0.1, -0.05) is 24.3 Å². The van der Waals surface area contributed by atoms with Crippen molar-refractivity contribution in [2.24, 2.45) is 0 Å². The van der Waals surface area contributed by atoms with E-state index < -0.39 is 21.7 Å². The highest BCUT2D eigenvalue weighted by Gasteiger charge is 2.26. The zero-order valence-corrected chi connectivity index (χ0v) is 15.3. The predicted molar refractivity (Wildman–Crippen MR) is 99.2 cm³/mol. The topological polar surface area (TPSA) is 46.6 Å². The Labute approximate surface area is 156 Å². The highest BCUT2D eigenvalue weighted by molar-refractivity contribution is 7.92. The number of hydrogen-bond acceptors (Lipinski definition) is 3. The molecule has 3 rings (SSSR count). The molecule has 3 aromatic carbocycles. The number of benzene rings is 3. The third-order valence-corrected chi connectivity index (χ3v) is 5.80. The van der Waals surface area contributed by atoms with Crippen LogP contribution in [0.2, 0.25) is 0 Å². The van der Waals surface area contributed by atoms with Crippen molar-refractivity contribution in [3.8, 4) is 5.75 Å². The van der Waals surface area contributed by atoms with Crippen molar-refractivity contribution in [2.75, 3.05) is 11.4 Å². The lowest BCUT2D eigenvalue weighted by Gasteiger charge is -2.25. The van der Waals surface area contributed by atoms with Crippen molar-refractivity contribution in [1.82, 2.24) is 0 Å². The highest BCUT2D eigenvalue weighted by atomic mass is 32.2. The van der Waals surface area contributed by atoms with E-state index in [1.165, 1.54) is 37.4 Å². The van der Waals surface area contributed by atoms with Gasteiger partial charge in [0.2, 0.25) is 0 Å². The first-order valence-electron chi connectivity index (χ1n) is 8.07. The van der Waals surface area contributed by atoms with Crippen molar-refractivity contribution in [1.29, 1.82) is 0 Å². The summed E-state index contributed by atoms with van der Waals surface area (Å²) in [6.07, 6.45) is 0. The van der Waals surface area contributed by atoms with Gasteiger partial charge < -0.3 is 4.74 Å². The number of hydrogen-bond donors (Lipinski definition) is 0. The lowest BCUT2D eigenvalue weighted by molar-refractivity contribution is 0.415. The van der Waals surface area contributed by atoms with E-state index in [-0.39, 0.29) is 17.0 Å². The molecule has 0 aliphatic carbocycles. The van der Waals surface area contributed by atoms with Gasteiger partial charge in [-0.15, -0.1) is 0 Å². The third kappa shape index (κ3) is 4.09. The van der Waals surface area contributed by atoms with Gasteiger partial charge in [0.05, 0.1) is 24.2 Å². The molecule has 0 atom stereocenters. The van der Waals surface area contributed by atoms with Gasteiger partial charge in [-0.2, -0.15) is 0 Å². The fourth-order valence-electron chi connectivity index (χ4n) is 2.60. The van der Waals surface area contributed by atoms with Gasteiger partial charge >= 0.3 is 0 Å². The maximum Gasteiger partial charge on any atom is 0.264 e. The molecule has 0 unspecified atom stereocenters. The molecule has 0 saturated carbocycles. The Morgan fingerprint density at radius 3 is 2.30 bits per heavy atom. The van der Waals surface area contributed by atoms with Gasteiger partial charge in [-0.05, 0) is 42.5 Å². The minimum atomic E-state index is -4.07. The molecule has 0 amide bonds. The molecule has 0 radical (unpaired) electrons. The van der Waals surface area contributed by atoms with Crippen LogP contribution in [0.1, 0.15) is 5.56 Å². The molecule has 0 aliphatic rings. The predicted octanol–water partition coefficient (Wildman–Crippen LogP) is 4.37. The average Bonchev–Trinajstić information content (AvgIpc) is 2.67. The number of nitrogens with zero attached hydrogens (tertiary/aromatic N) is 1. The second kappa shape index (κ2) is 7.75. The SMILES string of the molecule is COc1cccc(N(Cc2ccccc2F)S(=O)(=O)c2ccc(F)cc2)c1. The van der Waals surface area contributed by atoms with Gasteiger partial charge in [-0.3, -0.25) is 4.31 Å². The Kier molecular flexibility index (Phi) is 5.41. The Morgan fingerprint density at radius 1 is 0.926 bits per heavy atom. The van der Waals surface area contributed by atoms with Crippen molar-refractivity contribution in [2.45, 2.75) is 11.4 Å². The van der Waals surface area contributed by atoms with Crippen LogP contribution in [0.5, 0.6) is 5.75 Å². The van der Waals surface area contributed by atoms with Gasteiger partial charge in [0, 0.05) is 11.6 Å². The van der Waals surface area contributed by atoms with Crippen molar-refractivity contribution < 1.29 is 21.9 Å². The molecule has 0 bridgehead atoms. The lowest BCUT2D eigenvalue weighted by Crippen LogP contribution is -2.31. The molecule has 0 N–H and O–H groups in total. The van der Waals surface area contributed by atoms with E-state index in [2.05, 4.69) is 0 Å². The summed E-state index contributed by atoms with van der Waals surface area (Å²) < 4.78 is 60.0. The summed E-state index contributed by atoms with van der Waals surface area (Å²) in [5.74, 6) is -0.601. The van der Waals surface area contributed by atoms with E-state index >= 15 is 0 Å². The molecule has 0 aromatic heterocycles. The Hall–Kier alpha value is -2.93. The largest absolute Gasteiger partial charge is 0.497 e. The molecule has 0 aliphatic heterocycles. The molecule has 7 heteroatoms. The number of halogens is 2. The summed E-state index contributed by atoms with van der Waals surface area (Å²) in [5.41, 5.74) is 0.521. The molecular weight excluding hydrogens is 372 g/mol. The van der Waals surface area contributed by atoms with Crippen LogP contribution in [0.15, 0.2) is 77.7 Å². The van der Waals surface area contributed by atoms with Gasteiger partial charge in [0.15, 0.2) is 0 Å². The lowest BCUT2D eigenvalue weighted by atomic mass is 10.2. The Bertz CT molecular complexity index is 1040. The van der Waals surface area contributed by atoms with Crippen LogP contribution in [-0.4, -0.2) is 15.5 Å². The maximum atomic E-state index is 14.2. The third-order valence-electron chi connectivity index (χ3n) is 4.01. The molecule has 0 saturated heterocycles. The van der Waals surface area contributed by atoms with E-state index in [9.17, 15) is 17.2 Å². The molecule has 0 fully saturated rings. The van der Waals surface area contributed by atoms with E-state index in [4.69, 9.17) is 4.74 Å². The number of rotatable bonds is 6. The van der Waals surface area contributed by atoms with Crippen LogP contribution in [0.3, 0.4) is 0 Å². The van der Waals surface area contributed by atoms with Crippen LogP contribution in [0, 0.1) is 11.6 Å². The van der Waals surface area contributed by atoms with E-state index in [0.29, 0.717) is 11.4 Å². The summed E-state index contributed by atoms with van der Waals surface area (Å²) in [7, 11) is -2.60. The zero-order valence-electron chi connectivity index (χ0n) is 14.5. The van der Waals surface area contributed by atoms with Crippen LogP contribution >= 0.6 is 0 Å². The standard InChI is InChI=1S/C20H17F2NO3S/c1-26-18-7-4-6-17(13-18)23(14-15-5-2-3-8-20(15)22)27(24,25)19-11-9-16(21)10-12-19/h2-13H,14H2,1H3. The normalized spacial score (nSPS) is 11.2. The van der Waals surface area contributed by atoms with Crippen LogP contribution in [0.4, 0.5) is 14.5 Å². The fraction of sp³-hybridized carbons (Fsp3) is 0.100. The summed E-state index contributed by atoms with van der Waals surface area (Å²) in [4.78, 5) is -0.0944. The second-order valence-electron chi connectivity index (χ2n) is 5.76. The van der Waals surface area contributed by atoms with E-state index in [1.54, 1.807) is 30.3 Å². The highest BCUT2D eigenvalue weighted by Crippen LogP contribution is 2.29. The van der Waals surface area contributed by atoms with Crippen molar-refractivity contribution in [3.63, 3.8) is 0 Å². The maximum absolute atomic E-state index is 14.2. The summed E-state index contributed by atoms with van der Waals surface area (Å²) in [6.45, 7) is -0.223.